The highest BCUT2D eigenvalue weighted by atomic mass is 16.5. The number of ether oxygens (including phenoxy) is 1. The second-order valence-electron chi connectivity index (χ2n) is 4.02. The van der Waals surface area contributed by atoms with Gasteiger partial charge in [-0.1, -0.05) is 18.2 Å². The summed E-state index contributed by atoms with van der Waals surface area (Å²) in [5.74, 6) is 1.61. The van der Waals surface area contributed by atoms with Crippen molar-refractivity contribution in [3.8, 4) is 5.75 Å². The molecule has 6 nitrogen and oxygen atoms in total. The smallest absolute Gasteiger partial charge is 0.160 e. The van der Waals surface area contributed by atoms with Crippen LogP contribution in [-0.4, -0.2) is 27.3 Å². The number of methoxy groups -OCH3 is 1. The molecule has 0 aliphatic rings. The summed E-state index contributed by atoms with van der Waals surface area (Å²) < 4.78 is 5.31. The van der Waals surface area contributed by atoms with E-state index in [2.05, 4.69) is 25.5 Å². The highest BCUT2D eigenvalue weighted by molar-refractivity contribution is 5.85. The number of hydrogen-bond donors (Lipinski definition) is 2. The molecular weight excluding hydrogens is 242 g/mol. The fourth-order valence-electron chi connectivity index (χ4n) is 1.93. The Labute approximate surface area is 109 Å². The van der Waals surface area contributed by atoms with Crippen molar-refractivity contribution in [3.05, 3.63) is 42.4 Å². The average molecular weight is 255 g/mol. The highest BCUT2D eigenvalue weighted by Gasteiger charge is 2.06. The van der Waals surface area contributed by atoms with Crippen molar-refractivity contribution in [2.75, 3.05) is 12.4 Å². The van der Waals surface area contributed by atoms with Gasteiger partial charge in [-0.05, 0) is 6.07 Å². The second kappa shape index (κ2) is 4.93. The van der Waals surface area contributed by atoms with E-state index >= 15 is 0 Å². The van der Waals surface area contributed by atoms with E-state index < -0.39 is 0 Å². The molecule has 0 radical (unpaired) electrons. The van der Waals surface area contributed by atoms with Gasteiger partial charge >= 0.3 is 0 Å². The molecule has 0 amide bonds. The lowest BCUT2D eigenvalue weighted by molar-refractivity contribution is 0.410. The first-order valence-electron chi connectivity index (χ1n) is 5.88. The van der Waals surface area contributed by atoms with Crippen LogP contribution in [0.15, 0.2) is 36.8 Å². The molecule has 6 heteroatoms. The topological polar surface area (TPSA) is 75.7 Å². The maximum Gasteiger partial charge on any atom is 0.160 e. The van der Waals surface area contributed by atoms with Gasteiger partial charge in [0.15, 0.2) is 5.65 Å². The first kappa shape index (κ1) is 11.5. The number of nitrogens with zero attached hydrogens (tertiary/aromatic N) is 3. The monoisotopic (exact) mass is 255 g/mol. The van der Waals surface area contributed by atoms with Gasteiger partial charge in [-0.3, -0.25) is 5.10 Å². The quantitative estimate of drug-likeness (QED) is 0.745. The molecule has 0 spiro atoms. The zero-order valence-electron chi connectivity index (χ0n) is 10.4. The Morgan fingerprint density at radius 1 is 1.26 bits per heavy atom. The van der Waals surface area contributed by atoms with Crippen molar-refractivity contribution in [1.82, 2.24) is 20.2 Å². The third-order valence-corrected chi connectivity index (χ3v) is 2.89. The summed E-state index contributed by atoms with van der Waals surface area (Å²) >= 11 is 0. The van der Waals surface area contributed by atoms with E-state index in [0.29, 0.717) is 6.54 Å². The number of rotatable bonds is 4. The summed E-state index contributed by atoms with van der Waals surface area (Å²) in [5, 5.41) is 10.9. The van der Waals surface area contributed by atoms with Gasteiger partial charge in [0.2, 0.25) is 0 Å². The van der Waals surface area contributed by atoms with Gasteiger partial charge in [0.05, 0.1) is 18.7 Å². The van der Waals surface area contributed by atoms with Crippen LogP contribution in [0.4, 0.5) is 5.82 Å². The zero-order valence-corrected chi connectivity index (χ0v) is 10.4. The molecule has 0 fully saturated rings. The number of para-hydroxylation sites is 1. The molecule has 19 heavy (non-hydrogen) atoms. The maximum absolute atomic E-state index is 5.31. The fraction of sp³-hybridized carbons (Fsp3) is 0.154. The van der Waals surface area contributed by atoms with Crippen LogP contribution in [0.3, 0.4) is 0 Å². The van der Waals surface area contributed by atoms with Crippen molar-refractivity contribution >= 4 is 16.9 Å². The van der Waals surface area contributed by atoms with Crippen LogP contribution in [0.2, 0.25) is 0 Å². The molecule has 2 N–H and O–H groups in total. The Morgan fingerprint density at radius 3 is 3.05 bits per heavy atom. The first-order valence-corrected chi connectivity index (χ1v) is 5.88. The SMILES string of the molecule is COc1ccccc1CNc1ncnc2[nH]ncc12. The van der Waals surface area contributed by atoms with Gasteiger partial charge in [-0.2, -0.15) is 5.10 Å². The average Bonchev–Trinajstić information content (AvgIpc) is 2.94. The number of H-pyrrole nitrogens is 1. The molecule has 0 atom stereocenters. The lowest BCUT2D eigenvalue weighted by Crippen LogP contribution is -2.03. The molecule has 2 heterocycles. The molecule has 0 aliphatic carbocycles. The molecule has 3 rings (SSSR count). The van der Waals surface area contributed by atoms with Crippen LogP contribution in [-0.2, 0) is 6.54 Å². The van der Waals surface area contributed by atoms with Gasteiger partial charge in [0.25, 0.3) is 0 Å². The summed E-state index contributed by atoms with van der Waals surface area (Å²) in [7, 11) is 1.66. The van der Waals surface area contributed by atoms with Crippen LogP contribution < -0.4 is 10.1 Å². The van der Waals surface area contributed by atoms with Crippen LogP contribution >= 0.6 is 0 Å². The van der Waals surface area contributed by atoms with E-state index in [-0.39, 0.29) is 0 Å². The first-order chi connectivity index (χ1) is 9.38. The Hall–Kier alpha value is -2.63. The Kier molecular flexibility index (Phi) is 2.97. The summed E-state index contributed by atoms with van der Waals surface area (Å²) in [4.78, 5) is 8.32. The largest absolute Gasteiger partial charge is 0.496 e. The number of hydrogen-bond acceptors (Lipinski definition) is 5. The summed E-state index contributed by atoms with van der Waals surface area (Å²) in [6.45, 7) is 0.626. The fourth-order valence-corrected chi connectivity index (χ4v) is 1.93. The van der Waals surface area contributed by atoms with Crippen molar-refractivity contribution < 1.29 is 4.74 Å². The van der Waals surface area contributed by atoms with Crippen LogP contribution in [0, 0.1) is 0 Å². The number of fused-ring (bicyclic) bond motifs is 1. The predicted molar refractivity (Wildman–Crippen MR) is 72.0 cm³/mol. The van der Waals surface area contributed by atoms with Crippen LogP contribution in [0.25, 0.3) is 11.0 Å². The minimum Gasteiger partial charge on any atom is -0.496 e. The molecule has 0 saturated carbocycles. The van der Waals surface area contributed by atoms with Crippen LogP contribution in [0.1, 0.15) is 5.56 Å². The number of benzene rings is 1. The second-order valence-corrected chi connectivity index (χ2v) is 4.02. The third-order valence-electron chi connectivity index (χ3n) is 2.89. The maximum atomic E-state index is 5.31. The van der Waals surface area contributed by atoms with Crippen molar-refractivity contribution in [2.45, 2.75) is 6.54 Å². The van der Waals surface area contributed by atoms with E-state index in [0.717, 1.165) is 28.2 Å². The zero-order chi connectivity index (χ0) is 13.1. The van der Waals surface area contributed by atoms with Crippen molar-refractivity contribution in [2.24, 2.45) is 0 Å². The van der Waals surface area contributed by atoms with Crippen LogP contribution in [0.5, 0.6) is 5.75 Å². The summed E-state index contributed by atoms with van der Waals surface area (Å²) in [6.07, 6.45) is 3.21. The number of anilines is 1. The van der Waals surface area contributed by atoms with E-state index in [1.54, 1.807) is 13.3 Å². The molecule has 2 aromatic heterocycles. The standard InChI is InChI=1S/C13H13N5O/c1-19-11-5-3-2-4-9(11)6-14-12-10-7-17-18-13(10)16-8-15-12/h2-5,7-8H,6H2,1H3,(H2,14,15,16,17,18). The minimum absolute atomic E-state index is 0.626. The van der Waals surface area contributed by atoms with Gasteiger partial charge in [0, 0.05) is 12.1 Å². The molecule has 0 bridgehead atoms. The summed E-state index contributed by atoms with van der Waals surface area (Å²) in [5.41, 5.74) is 1.79. The predicted octanol–water partition coefficient (Wildman–Crippen LogP) is 1.97. The Bertz CT molecular complexity index is 694. The highest BCUT2D eigenvalue weighted by Crippen LogP contribution is 2.21. The third kappa shape index (κ3) is 2.20. The van der Waals surface area contributed by atoms with E-state index in [1.807, 2.05) is 24.3 Å². The van der Waals surface area contributed by atoms with Crippen molar-refractivity contribution in [1.29, 1.82) is 0 Å². The van der Waals surface area contributed by atoms with Gasteiger partial charge in [-0.25, -0.2) is 9.97 Å². The molecule has 0 unspecified atom stereocenters. The van der Waals surface area contributed by atoms with E-state index in [1.165, 1.54) is 6.33 Å². The van der Waals surface area contributed by atoms with Crippen molar-refractivity contribution in [3.63, 3.8) is 0 Å². The number of aromatic amines is 1. The number of nitrogens with one attached hydrogen (secondary N) is 2. The molecule has 0 saturated heterocycles. The molecule has 3 aromatic rings. The minimum atomic E-state index is 0.626. The molecule has 0 aliphatic heterocycles. The summed E-state index contributed by atoms with van der Waals surface area (Å²) in [6, 6.07) is 7.87. The Morgan fingerprint density at radius 2 is 2.16 bits per heavy atom. The molecule has 96 valence electrons. The Balaban J connectivity index is 1.84. The normalized spacial score (nSPS) is 10.6. The van der Waals surface area contributed by atoms with Gasteiger partial charge in [0.1, 0.15) is 17.9 Å². The lowest BCUT2D eigenvalue weighted by atomic mass is 10.2. The lowest BCUT2D eigenvalue weighted by Gasteiger charge is -2.09. The molecular formula is C13H13N5O. The van der Waals surface area contributed by atoms with Gasteiger partial charge in [-0.15, -0.1) is 0 Å². The molecule has 1 aromatic carbocycles. The van der Waals surface area contributed by atoms with E-state index in [9.17, 15) is 0 Å². The van der Waals surface area contributed by atoms with Gasteiger partial charge < -0.3 is 10.1 Å². The number of aromatic nitrogens is 4. The van der Waals surface area contributed by atoms with E-state index in [4.69, 9.17) is 4.74 Å².